The second-order valence-corrected chi connectivity index (χ2v) is 5.01. The number of hydrogen-bond donors (Lipinski definition) is 1. The Morgan fingerprint density at radius 3 is 2.68 bits per heavy atom. The molecule has 1 aliphatic heterocycles. The SMILES string of the molecule is OCc1ccc2c(n1)CN(CCc1ccccc1)C2. The van der Waals surface area contributed by atoms with Gasteiger partial charge in [0.1, 0.15) is 0 Å². The maximum atomic E-state index is 9.11. The lowest BCUT2D eigenvalue weighted by molar-refractivity contribution is 0.274. The van der Waals surface area contributed by atoms with E-state index in [1.807, 2.05) is 6.07 Å². The Balaban J connectivity index is 1.61. The fraction of sp³-hybridized carbons (Fsp3) is 0.312. The van der Waals surface area contributed by atoms with Crippen LogP contribution in [-0.4, -0.2) is 21.5 Å². The lowest BCUT2D eigenvalue weighted by atomic mass is 10.1. The molecule has 0 saturated carbocycles. The van der Waals surface area contributed by atoms with Crippen LogP contribution in [0.5, 0.6) is 0 Å². The standard InChI is InChI=1S/C16H18N2O/c19-12-15-7-6-14-10-18(11-16(14)17-15)9-8-13-4-2-1-3-5-13/h1-7,19H,8-12H2. The van der Waals surface area contributed by atoms with E-state index in [0.717, 1.165) is 37.4 Å². The molecule has 19 heavy (non-hydrogen) atoms. The average Bonchev–Trinajstić information content (AvgIpc) is 2.88. The summed E-state index contributed by atoms with van der Waals surface area (Å²) < 4.78 is 0. The number of pyridine rings is 1. The first-order chi connectivity index (χ1) is 9.35. The second kappa shape index (κ2) is 5.51. The van der Waals surface area contributed by atoms with Gasteiger partial charge in [-0.2, -0.15) is 0 Å². The van der Waals surface area contributed by atoms with E-state index < -0.39 is 0 Å². The van der Waals surface area contributed by atoms with E-state index in [2.05, 4.69) is 46.3 Å². The number of aromatic nitrogens is 1. The summed E-state index contributed by atoms with van der Waals surface area (Å²) in [5, 5.41) is 9.11. The molecular formula is C16H18N2O. The van der Waals surface area contributed by atoms with E-state index in [1.165, 1.54) is 11.1 Å². The molecule has 1 aliphatic rings. The highest BCUT2D eigenvalue weighted by atomic mass is 16.3. The molecule has 1 N–H and O–H groups in total. The highest BCUT2D eigenvalue weighted by Gasteiger charge is 2.19. The number of nitrogens with zero attached hydrogens (tertiary/aromatic N) is 2. The summed E-state index contributed by atoms with van der Waals surface area (Å²) in [5.74, 6) is 0. The van der Waals surface area contributed by atoms with Crippen molar-refractivity contribution >= 4 is 0 Å². The molecule has 0 atom stereocenters. The van der Waals surface area contributed by atoms with Crippen LogP contribution in [0.3, 0.4) is 0 Å². The minimum absolute atomic E-state index is 0.0251. The third kappa shape index (κ3) is 2.83. The molecule has 1 aromatic carbocycles. The zero-order valence-electron chi connectivity index (χ0n) is 10.9. The smallest absolute Gasteiger partial charge is 0.0853 e. The summed E-state index contributed by atoms with van der Waals surface area (Å²) in [7, 11) is 0. The van der Waals surface area contributed by atoms with Gasteiger partial charge in [-0.1, -0.05) is 36.4 Å². The van der Waals surface area contributed by atoms with E-state index in [4.69, 9.17) is 5.11 Å². The number of hydrogen-bond acceptors (Lipinski definition) is 3. The molecular weight excluding hydrogens is 236 g/mol. The highest BCUT2D eigenvalue weighted by molar-refractivity contribution is 5.26. The predicted octanol–water partition coefficient (Wildman–Crippen LogP) is 2.13. The summed E-state index contributed by atoms with van der Waals surface area (Å²) in [6, 6.07) is 14.6. The van der Waals surface area contributed by atoms with Crippen molar-refractivity contribution in [3.05, 3.63) is 65.0 Å². The Labute approximate surface area is 113 Å². The van der Waals surface area contributed by atoms with Crippen LogP contribution >= 0.6 is 0 Å². The molecule has 3 nitrogen and oxygen atoms in total. The van der Waals surface area contributed by atoms with Gasteiger partial charge in [0.15, 0.2) is 0 Å². The lowest BCUT2D eigenvalue weighted by Crippen LogP contribution is -2.19. The Hall–Kier alpha value is -1.71. The van der Waals surface area contributed by atoms with Crippen molar-refractivity contribution in [2.45, 2.75) is 26.1 Å². The van der Waals surface area contributed by atoms with E-state index in [-0.39, 0.29) is 6.61 Å². The van der Waals surface area contributed by atoms with Crippen LogP contribution in [0.4, 0.5) is 0 Å². The summed E-state index contributed by atoms with van der Waals surface area (Å²) in [4.78, 5) is 6.89. The monoisotopic (exact) mass is 254 g/mol. The maximum Gasteiger partial charge on any atom is 0.0853 e. The molecule has 0 amide bonds. The van der Waals surface area contributed by atoms with Crippen molar-refractivity contribution in [2.75, 3.05) is 6.54 Å². The third-order valence-electron chi connectivity index (χ3n) is 3.61. The topological polar surface area (TPSA) is 36.4 Å². The molecule has 0 unspecified atom stereocenters. The highest BCUT2D eigenvalue weighted by Crippen LogP contribution is 2.21. The molecule has 0 saturated heterocycles. The number of benzene rings is 1. The Bertz CT molecular complexity index is 554. The first kappa shape index (κ1) is 12.3. The Morgan fingerprint density at radius 1 is 1.05 bits per heavy atom. The number of aliphatic hydroxyl groups is 1. The minimum atomic E-state index is 0.0251. The fourth-order valence-corrected chi connectivity index (χ4v) is 2.54. The van der Waals surface area contributed by atoms with Gasteiger partial charge in [-0.25, -0.2) is 0 Å². The van der Waals surface area contributed by atoms with Gasteiger partial charge in [-0.3, -0.25) is 9.88 Å². The van der Waals surface area contributed by atoms with Crippen molar-refractivity contribution in [3.8, 4) is 0 Å². The number of rotatable bonds is 4. The number of aliphatic hydroxyl groups excluding tert-OH is 1. The van der Waals surface area contributed by atoms with Crippen LogP contribution < -0.4 is 0 Å². The van der Waals surface area contributed by atoms with E-state index >= 15 is 0 Å². The lowest BCUT2D eigenvalue weighted by Gasteiger charge is -2.13. The van der Waals surface area contributed by atoms with Gasteiger partial charge in [0.05, 0.1) is 18.0 Å². The summed E-state index contributed by atoms with van der Waals surface area (Å²) in [6.07, 6.45) is 1.07. The Kier molecular flexibility index (Phi) is 3.58. The van der Waals surface area contributed by atoms with Crippen molar-refractivity contribution in [2.24, 2.45) is 0 Å². The van der Waals surface area contributed by atoms with E-state index in [1.54, 1.807) is 0 Å². The first-order valence-corrected chi connectivity index (χ1v) is 6.70. The summed E-state index contributed by atoms with van der Waals surface area (Å²) >= 11 is 0. The number of fused-ring (bicyclic) bond motifs is 1. The molecule has 0 bridgehead atoms. The van der Waals surface area contributed by atoms with E-state index in [0.29, 0.717) is 0 Å². The zero-order valence-corrected chi connectivity index (χ0v) is 10.9. The normalized spacial score (nSPS) is 14.6. The van der Waals surface area contributed by atoms with E-state index in [9.17, 15) is 0 Å². The molecule has 1 aromatic heterocycles. The van der Waals surface area contributed by atoms with Crippen LogP contribution in [0.25, 0.3) is 0 Å². The van der Waals surface area contributed by atoms with Crippen LogP contribution in [0.15, 0.2) is 42.5 Å². The molecule has 3 heteroatoms. The van der Waals surface area contributed by atoms with Crippen LogP contribution in [-0.2, 0) is 26.1 Å². The Morgan fingerprint density at radius 2 is 1.89 bits per heavy atom. The summed E-state index contributed by atoms with van der Waals surface area (Å²) in [6.45, 7) is 2.95. The van der Waals surface area contributed by atoms with Gasteiger partial charge < -0.3 is 5.11 Å². The van der Waals surface area contributed by atoms with Crippen LogP contribution in [0, 0.1) is 0 Å². The van der Waals surface area contributed by atoms with Gasteiger partial charge in [0, 0.05) is 19.6 Å². The van der Waals surface area contributed by atoms with Gasteiger partial charge >= 0.3 is 0 Å². The summed E-state index contributed by atoms with van der Waals surface area (Å²) in [5.41, 5.74) is 4.57. The van der Waals surface area contributed by atoms with Gasteiger partial charge in [0.25, 0.3) is 0 Å². The first-order valence-electron chi connectivity index (χ1n) is 6.70. The largest absolute Gasteiger partial charge is 0.390 e. The molecule has 0 radical (unpaired) electrons. The quantitative estimate of drug-likeness (QED) is 0.908. The van der Waals surface area contributed by atoms with Gasteiger partial charge in [-0.15, -0.1) is 0 Å². The van der Waals surface area contributed by atoms with Crippen molar-refractivity contribution in [1.29, 1.82) is 0 Å². The average molecular weight is 254 g/mol. The molecule has 2 heterocycles. The molecule has 3 rings (SSSR count). The maximum absolute atomic E-state index is 9.11. The minimum Gasteiger partial charge on any atom is -0.390 e. The third-order valence-corrected chi connectivity index (χ3v) is 3.61. The second-order valence-electron chi connectivity index (χ2n) is 5.01. The van der Waals surface area contributed by atoms with Crippen molar-refractivity contribution in [1.82, 2.24) is 9.88 Å². The predicted molar refractivity (Wildman–Crippen MR) is 74.4 cm³/mol. The van der Waals surface area contributed by atoms with Crippen molar-refractivity contribution in [3.63, 3.8) is 0 Å². The zero-order chi connectivity index (χ0) is 13.1. The van der Waals surface area contributed by atoms with Crippen LogP contribution in [0.1, 0.15) is 22.5 Å². The van der Waals surface area contributed by atoms with Gasteiger partial charge in [0.2, 0.25) is 0 Å². The van der Waals surface area contributed by atoms with Crippen LogP contribution in [0.2, 0.25) is 0 Å². The molecule has 0 aliphatic carbocycles. The molecule has 98 valence electrons. The fourth-order valence-electron chi connectivity index (χ4n) is 2.54. The van der Waals surface area contributed by atoms with Gasteiger partial charge in [-0.05, 0) is 23.6 Å². The molecule has 2 aromatic rings. The molecule has 0 spiro atoms. The van der Waals surface area contributed by atoms with Crippen molar-refractivity contribution < 1.29 is 5.11 Å². The molecule has 0 fully saturated rings.